The Morgan fingerprint density at radius 2 is 1.88 bits per heavy atom. The third kappa shape index (κ3) is 4.26. The van der Waals surface area contributed by atoms with Crippen LogP contribution in [0.4, 0.5) is 0 Å². The van der Waals surface area contributed by atoms with Gasteiger partial charge in [-0.2, -0.15) is 0 Å². The Hall–Kier alpha value is -0.980. The van der Waals surface area contributed by atoms with Crippen LogP contribution >= 0.6 is 0 Å². The number of ether oxygens (including phenoxy) is 1. The third-order valence-electron chi connectivity index (χ3n) is 2.97. The molecule has 0 N–H and O–H groups in total. The van der Waals surface area contributed by atoms with E-state index in [9.17, 15) is 0 Å². The normalized spacial score (nSPS) is 10.4. The molecule has 0 atom stereocenters. The highest BCUT2D eigenvalue weighted by Crippen LogP contribution is 2.18. The van der Waals surface area contributed by atoms with E-state index in [0.29, 0.717) is 0 Å². The standard InChI is InChI=1S/C15H24O/c1-4-6-7-8-11-16-15-10-9-13(3)14(5-2)12-15/h9-10,12H,4-8,11H2,1-3H3. The van der Waals surface area contributed by atoms with Crippen molar-refractivity contribution in [2.24, 2.45) is 0 Å². The van der Waals surface area contributed by atoms with Gasteiger partial charge in [0.2, 0.25) is 0 Å². The Morgan fingerprint density at radius 1 is 1.06 bits per heavy atom. The lowest BCUT2D eigenvalue weighted by Gasteiger charge is -2.09. The highest BCUT2D eigenvalue weighted by atomic mass is 16.5. The second-order valence-corrected chi connectivity index (χ2v) is 4.35. The van der Waals surface area contributed by atoms with E-state index in [4.69, 9.17) is 4.74 Å². The zero-order valence-corrected chi connectivity index (χ0v) is 10.9. The largest absolute Gasteiger partial charge is 0.494 e. The number of rotatable bonds is 7. The summed E-state index contributed by atoms with van der Waals surface area (Å²) in [5.41, 5.74) is 2.76. The second-order valence-electron chi connectivity index (χ2n) is 4.35. The molecule has 0 aliphatic heterocycles. The molecular weight excluding hydrogens is 196 g/mol. The first-order valence-corrected chi connectivity index (χ1v) is 6.50. The second kappa shape index (κ2) is 7.32. The van der Waals surface area contributed by atoms with Gasteiger partial charge in [-0.15, -0.1) is 0 Å². The average molecular weight is 220 g/mol. The molecule has 0 amide bonds. The average Bonchev–Trinajstić information content (AvgIpc) is 2.31. The quantitative estimate of drug-likeness (QED) is 0.614. The maximum absolute atomic E-state index is 5.75. The van der Waals surface area contributed by atoms with Crippen molar-refractivity contribution >= 4 is 0 Å². The fraction of sp³-hybridized carbons (Fsp3) is 0.600. The first-order valence-electron chi connectivity index (χ1n) is 6.50. The van der Waals surface area contributed by atoms with Gasteiger partial charge in [0.05, 0.1) is 6.61 Å². The minimum Gasteiger partial charge on any atom is -0.494 e. The summed E-state index contributed by atoms with van der Waals surface area (Å²) in [6, 6.07) is 6.41. The molecule has 1 nitrogen and oxygen atoms in total. The molecule has 1 heteroatoms. The molecule has 0 bridgehead atoms. The summed E-state index contributed by atoms with van der Waals surface area (Å²) < 4.78 is 5.75. The van der Waals surface area contributed by atoms with Crippen LogP contribution < -0.4 is 4.74 Å². The Kier molecular flexibility index (Phi) is 5.99. The Labute approximate surface area is 99.8 Å². The van der Waals surface area contributed by atoms with Crippen LogP contribution in [0.2, 0.25) is 0 Å². The molecule has 0 saturated carbocycles. The van der Waals surface area contributed by atoms with Gasteiger partial charge in [-0.1, -0.05) is 39.2 Å². The Morgan fingerprint density at radius 3 is 2.56 bits per heavy atom. The topological polar surface area (TPSA) is 9.23 Å². The molecule has 16 heavy (non-hydrogen) atoms. The molecule has 0 spiro atoms. The van der Waals surface area contributed by atoms with Crippen LogP contribution in [-0.2, 0) is 6.42 Å². The Bertz CT molecular complexity index is 304. The lowest BCUT2D eigenvalue weighted by Crippen LogP contribution is -1.98. The van der Waals surface area contributed by atoms with Crippen molar-refractivity contribution in [2.45, 2.75) is 52.9 Å². The van der Waals surface area contributed by atoms with E-state index in [2.05, 4.69) is 39.0 Å². The van der Waals surface area contributed by atoms with Gasteiger partial charge in [0.15, 0.2) is 0 Å². The predicted octanol–water partition coefficient (Wildman–Crippen LogP) is 4.52. The lowest BCUT2D eigenvalue weighted by molar-refractivity contribution is 0.305. The van der Waals surface area contributed by atoms with Crippen molar-refractivity contribution < 1.29 is 4.74 Å². The van der Waals surface area contributed by atoms with Gasteiger partial charge in [0.25, 0.3) is 0 Å². The zero-order valence-electron chi connectivity index (χ0n) is 10.9. The Balaban J connectivity index is 2.36. The molecule has 0 aliphatic carbocycles. The van der Waals surface area contributed by atoms with E-state index in [0.717, 1.165) is 18.8 Å². The molecule has 90 valence electrons. The van der Waals surface area contributed by atoms with Gasteiger partial charge in [-0.05, 0) is 43.0 Å². The van der Waals surface area contributed by atoms with Crippen LogP contribution in [0.15, 0.2) is 18.2 Å². The van der Waals surface area contributed by atoms with Crippen molar-refractivity contribution in [3.05, 3.63) is 29.3 Å². The molecule has 0 aromatic heterocycles. The van der Waals surface area contributed by atoms with E-state index in [1.807, 2.05) is 0 Å². The van der Waals surface area contributed by atoms with Gasteiger partial charge >= 0.3 is 0 Å². The maximum atomic E-state index is 5.75. The van der Waals surface area contributed by atoms with Crippen LogP contribution in [0, 0.1) is 6.92 Å². The fourth-order valence-electron chi connectivity index (χ4n) is 1.84. The van der Waals surface area contributed by atoms with Crippen molar-refractivity contribution in [3.63, 3.8) is 0 Å². The molecule has 0 unspecified atom stereocenters. The minimum atomic E-state index is 0.853. The zero-order chi connectivity index (χ0) is 11.8. The number of benzene rings is 1. The first kappa shape index (κ1) is 13.1. The third-order valence-corrected chi connectivity index (χ3v) is 2.97. The van der Waals surface area contributed by atoms with Gasteiger partial charge in [0, 0.05) is 0 Å². The molecule has 0 radical (unpaired) electrons. The minimum absolute atomic E-state index is 0.853. The maximum Gasteiger partial charge on any atom is 0.119 e. The molecule has 0 saturated heterocycles. The summed E-state index contributed by atoms with van der Waals surface area (Å²) in [6.07, 6.45) is 6.13. The van der Waals surface area contributed by atoms with Crippen molar-refractivity contribution in [3.8, 4) is 5.75 Å². The van der Waals surface area contributed by atoms with E-state index in [-0.39, 0.29) is 0 Å². The summed E-state index contributed by atoms with van der Waals surface area (Å²) in [4.78, 5) is 0. The van der Waals surface area contributed by atoms with E-state index in [1.54, 1.807) is 0 Å². The summed E-state index contributed by atoms with van der Waals surface area (Å²) in [5, 5.41) is 0. The van der Waals surface area contributed by atoms with E-state index >= 15 is 0 Å². The molecule has 1 rings (SSSR count). The highest BCUT2D eigenvalue weighted by Gasteiger charge is 1.99. The molecule has 0 heterocycles. The molecule has 1 aromatic carbocycles. The number of hydrogen-bond donors (Lipinski definition) is 0. The summed E-state index contributed by atoms with van der Waals surface area (Å²) in [6.45, 7) is 7.43. The first-order chi connectivity index (χ1) is 7.77. The van der Waals surface area contributed by atoms with Crippen LogP contribution in [0.25, 0.3) is 0 Å². The molecule has 1 aromatic rings. The van der Waals surface area contributed by atoms with Crippen LogP contribution in [0.5, 0.6) is 5.75 Å². The molecule has 0 aliphatic rings. The smallest absolute Gasteiger partial charge is 0.119 e. The van der Waals surface area contributed by atoms with Crippen LogP contribution in [0.3, 0.4) is 0 Å². The molecule has 0 fully saturated rings. The number of unbranched alkanes of at least 4 members (excludes halogenated alkanes) is 3. The summed E-state index contributed by atoms with van der Waals surface area (Å²) in [5.74, 6) is 1.03. The summed E-state index contributed by atoms with van der Waals surface area (Å²) in [7, 11) is 0. The van der Waals surface area contributed by atoms with Crippen LogP contribution in [-0.4, -0.2) is 6.61 Å². The van der Waals surface area contributed by atoms with Gasteiger partial charge in [-0.3, -0.25) is 0 Å². The van der Waals surface area contributed by atoms with E-state index < -0.39 is 0 Å². The van der Waals surface area contributed by atoms with Crippen molar-refractivity contribution in [1.29, 1.82) is 0 Å². The fourth-order valence-corrected chi connectivity index (χ4v) is 1.84. The van der Waals surface area contributed by atoms with Gasteiger partial charge in [-0.25, -0.2) is 0 Å². The molecular formula is C15H24O. The highest BCUT2D eigenvalue weighted by molar-refractivity contribution is 5.34. The van der Waals surface area contributed by atoms with Crippen LogP contribution in [0.1, 0.15) is 50.7 Å². The van der Waals surface area contributed by atoms with Gasteiger partial charge < -0.3 is 4.74 Å². The van der Waals surface area contributed by atoms with Crippen molar-refractivity contribution in [2.75, 3.05) is 6.61 Å². The lowest BCUT2D eigenvalue weighted by atomic mass is 10.1. The van der Waals surface area contributed by atoms with Gasteiger partial charge in [0.1, 0.15) is 5.75 Å². The number of hydrogen-bond acceptors (Lipinski definition) is 1. The van der Waals surface area contributed by atoms with Crippen molar-refractivity contribution in [1.82, 2.24) is 0 Å². The SMILES string of the molecule is CCCCCCOc1ccc(C)c(CC)c1. The predicted molar refractivity (Wildman–Crippen MR) is 70.2 cm³/mol. The van der Waals surface area contributed by atoms with E-state index in [1.165, 1.54) is 36.8 Å². The summed E-state index contributed by atoms with van der Waals surface area (Å²) >= 11 is 0. The number of aryl methyl sites for hydroxylation is 2. The monoisotopic (exact) mass is 220 g/mol.